The van der Waals surface area contributed by atoms with Crippen molar-refractivity contribution in [1.29, 1.82) is 0 Å². The second kappa shape index (κ2) is 7.59. The van der Waals surface area contributed by atoms with Gasteiger partial charge in [0.05, 0.1) is 12.6 Å². The zero-order valence-electron chi connectivity index (χ0n) is 17.6. The van der Waals surface area contributed by atoms with Crippen LogP contribution in [0.3, 0.4) is 0 Å². The Balaban J connectivity index is 1.55. The average Bonchev–Trinajstić information content (AvgIpc) is 3.14. The van der Waals surface area contributed by atoms with Gasteiger partial charge in [0, 0.05) is 12.1 Å². The van der Waals surface area contributed by atoms with Crippen LogP contribution in [0.2, 0.25) is 0 Å². The van der Waals surface area contributed by atoms with E-state index in [-0.39, 0.29) is 29.8 Å². The van der Waals surface area contributed by atoms with Gasteiger partial charge in [-0.15, -0.1) is 0 Å². The molecule has 0 aromatic heterocycles. The number of rotatable bonds is 3. The van der Waals surface area contributed by atoms with E-state index in [1.165, 1.54) is 4.90 Å². The van der Waals surface area contributed by atoms with E-state index in [4.69, 9.17) is 0 Å². The largest absolute Gasteiger partial charge is 0.332 e. The van der Waals surface area contributed by atoms with Gasteiger partial charge in [0.2, 0.25) is 0 Å². The van der Waals surface area contributed by atoms with Crippen LogP contribution in [0.4, 0.5) is 4.79 Å². The van der Waals surface area contributed by atoms with E-state index in [1.807, 2.05) is 54.6 Å². The second-order valence-corrected chi connectivity index (χ2v) is 9.03. The third-order valence-electron chi connectivity index (χ3n) is 5.91. The van der Waals surface area contributed by atoms with Crippen molar-refractivity contribution >= 4 is 17.8 Å². The molecule has 2 aliphatic rings. The van der Waals surface area contributed by atoms with Crippen LogP contribution in [0.5, 0.6) is 0 Å². The molecule has 4 rings (SSSR count). The third kappa shape index (κ3) is 3.70. The highest BCUT2D eigenvalue weighted by Gasteiger charge is 2.49. The number of carbonyl (C=O) groups is 3. The number of urea groups is 1. The van der Waals surface area contributed by atoms with Crippen LogP contribution in [0.1, 0.15) is 48.7 Å². The molecule has 0 unspecified atom stereocenters. The lowest BCUT2D eigenvalue weighted by Crippen LogP contribution is -2.64. The Morgan fingerprint density at radius 2 is 1.70 bits per heavy atom. The molecule has 0 spiro atoms. The lowest BCUT2D eigenvalue weighted by atomic mass is 9.86. The molecule has 156 valence electrons. The van der Waals surface area contributed by atoms with Gasteiger partial charge in [0.15, 0.2) is 0 Å². The molecule has 4 amide bonds. The predicted molar refractivity (Wildman–Crippen MR) is 114 cm³/mol. The molecule has 2 aliphatic heterocycles. The number of hydrogen-bond acceptors (Lipinski definition) is 3. The molecule has 6 nitrogen and oxygen atoms in total. The molecule has 30 heavy (non-hydrogen) atoms. The van der Waals surface area contributed by atoms with Crippen LogP contribution in [0.25, 0.3) is 0 Å². The van der Waals surface area contributed by atoms with Crippen molar-refractivity contribution < 1.29 is 14.4 Å². The molecule has 0 bridgehead atoms. The lowest BCUT2D eigenvalue weighted by Gasteiger charge is -2.37. The lowest BCUT2D eigenvalue weighted by molar-refractivity contribution is -0.134. The normalized spacial score (nSPS) is 21.4. The maximum absolute atomic E-state index is 13.2. The first-order chi connectivity index (χ1) is 14.3. The molecule has 2 aromatic rings. The summed E-state index contributed by atoms with van der Waals surface area (Å²) in [6.07, 6.45) is 0.577. The van der Waals surface area contributed by atoms with Crippen molar-refractivity contribution in [3.8, 4) is 0 Å². The Morgan fingerprint density at radius 1 is 1.03 bits per heavy atom. The van der Waals surface area contributed by atoms with E-state index in [0.717, 1.165) is 11.1 Å². The highest BCUT2D eigenvalue weighted by atomic mass is 16.2. The fraction of sp³-hybridized carbons (Fsp3) is 0.375. The van der Waals surface area contributed by atoms with Crippen molar-refractivity contribution in [3.05, 3.63) is 71.3 Å². The van der Waals surface area contributed by atoms with Gasteiger partial charge >= 0.3 is 6.03 Å². The van der Waals surface area contributed by atoms with Crippen LogP contribution in [0.15, 0.2) is 54.6 Å². The molecule has 2 atom stereocenters. The number of likely N-dealkylation sites (tertiary alicyclic amines) is 1. The van der Waals surface area contributed by atoms with Crippen molar-refractivity contribution in [3.63, 3.8) is 0 Å². The summed E-state index contributed by atoms with van der Waals surface area (Å²) < 4.78 is 0. The van der Waals surface area contributed by atoms with E-state index >= 15 is 0 Å². The summed E-state index contributed by atoms with van der Waals surface area (Å²) in [5.41, 5.74) is 2.58. The maximum Gasteiger partial charge on any atom is 0.324 e. The Labute approximate surface area is 176 Å². The molecule has 2 heterocycles. The van der Waals surface area contributed by atoms with E-state index in [0.29, 0.717) is 18.5 Å². The average molecular weight is 405 g/mol. The molecular weight excluding hydrogens is 378 g/mol. The third-order valence-corrected chi connectivity index (χ3v) is 5.91. The first kappa shape index (κ1) is 20.1. The summed E-state index contributed by atoms with van der Waals surface area (Å²) in [6.45, 7) is 7.01. The van der Waals surface area contributed by atoms with Gasteiger partial charge in [-0.1, -0.05) is 63.2 Å². The Bertz CT molecular complexity index is 963. The number of nitrogens with one attached hydrogen (secondary N) is 1. The number of amides is 4. The first-order valence-electron chi connectivity index (χ1n) is 10.3. The second-order valence-electron chi connectivity index (χ2n) is 9.03. The van der Waals surface area contributed by atoms with E-state index in [9.17, 15) is 14.4 Å². The Hall–Kier alpha value is -3.15. The fourth-order valence-corrected chi connectivity index (χ4v) is 4.17. The molecule has 2 saturated heterocycles. The van der Waals surface area contributed by atoms with Crippen LogP contribution in [-0.2, 0) is 16.8 Å². The first-order valence-corrected chi connectivity index (χ1v) is 10.3. The van der Waals surface area contributed by atoms with Gasteiger partial charge in [-0.2, -0.15) is 0 Å². The highest BCUT2D eigenvalue weighted by Crippen LogP contribution is 2.28. The van der Waals surface area contributed by atoms with Crippen LogP contribution in [0, 0.1) is 0 Å². The summed E-state index contributed by atoms with van der Waals surface area (Å²) >= 11 is 0. The standard InChI is InChI=1S/C24H27N3O3/c1-24(2,3)18-11-9-17(10-12-18)21(28)26-14-13-19-20(26)22(29)27(23(30)25-19)15-16-7-5-4-6-8-16/h4-12,19-20H,13-15H2,1-3H3,(H,25,30)/t19-,20+/m1/s1. The van der Waals surface area contributed by atoms with Gasteiger partial charge in [0.25, 0.3) is 11.8 Å². The van der Waals surface area contributed by atoms with Gasteiger partial charge < -0.3 is 10.2 Å². The minimum atomic E-state index is -0.666. The van der Waals surface area contributed by atoms with Crippen molar-refractivity contribution in [2.75, 3.05) is 6.54 Å². The minimum Gasteiger partial charge on any atom is -0.332 e. The quantitative estimate of drug-likeness (QED) is 0.852. The molecule has 0 saturated carbocycles. The van der Waals surface area contributed by atoms with Crippen molar-refractivity contribution in [2.45, 2.75) is 51.2 Å². The molecular formula is C24H27N3O3. The summed E-state index contributed by atoms with van der Waals surface area (Å²) in [4.78, 5) is 41.8. The van der Waals surface area contributed by atoms with Gasteiger partial charge in [-0.3, -0.25) is 14.5 Å². The molecule has 0 radical (unpaired) electrons. The molecule has 2 fully saturated rings. The summed E-state index contributed by atoms with van der Waals surface area (Å²) in [6, 6.07) is 15.6. The highest BCUT2D eigenvalue weighted by molar-refractivity contribution is 6.04. The summed E-state index contributed by atoms with van der Waals surface area (Å²) in [5.74, 6) is -0.489. The van der Waals surface area contributed by atoms with Crippen LogP contribution >= 0.6 is 0 Å². The summed E-state index contributed by atoms with van der Waals surface area (Å²) in [7, 11) is 0. The number of nitrogens with zero attached hydrogens (tertiary/aromatic N) is 2. The van der Waals surface area contributed by atoms with Crippen molar-refractivity contribution in [2.24, 2.45) is 0 Å². The topological polar surface area (TPSA) is 69.7 Å². The SMILES string of the molecule is CC(C)(C)c1ccc(C(=O)N2CC[C@H]3NC(=O)N(Cc4ccccc4)C(=O)[C@H]32)cc1. The predicted octanol–water partition coefficient (Wildman–Crippen LogP) is 3.32. The van der Waals surface area contributed by atoms with E-state index in [1.54, 1.807) is 4.90 Å². The van der Waals surface area contributed by atoms with Crippen molar-refractivity contribution in [1.82, 2.24) is 15.1 Å². The van der Waals surface area contributed by atoms with E-state index < -0.39 is 12.1 Å². The Kier molecular flexibility index (Phi) is 5.10. The minimum absolute atomic E-state index is 0.00186. The maximum atomic E-state index is 13.2. The van der Waals surface area contributed by atoms with Gasteiger partial charge in [-0.25, -0.2) is 4.79 Å². The fourth-order valence-electron chi connectivity index (χ4n) is 4.17. The number of carbonyl (C=O) groups excluding carboxylic acids is 3. The van der Waals surface area contributed by atoms with Gasteiger partial charge in [0.1, 0.15) is 6.04 Å². The van der Waals surface area contributed by atoms with Crippen LogP contribution in [-0.4, -0.2) is 46.3 Å². The van der Waals surface area contributed by atoms with E-state index in [2.05, 4.69) is 26.1 Å². The molecule has 0 aliphatic carbocycles. The number of benzene rings is 2. The molecule has 2 aromatic carbocycles. The number of hydrogen-bond donors (Lipinski definition) is 1. The number of fused-ring (bicyclic) bond motifs is 1. The van der Waals surface area contributed by atoms with Crippen LogP contribution < -0.4 is 5.32 Å². The smallest absolute Gasteiger partial charge is 0.324 e. The zero-order valence-corrected chi connectivity index (χ0v) is 17.6. The zero-order chi connectivity index (χ0) is 21.5. The number of imide groups is 1. The van der Waals surface area contributed by atoms with Gasteiger partial charge in [-0.05, 0) is 35.1 Å². The molecule has 6 heteroatoms. The summed E-state index contributed by atoms with van der Waals surface area (Å²) in [5, 5.41) is 2.92. The molecule has 1 N–H and O–H groups in total. The Morgan fingerprint density at radius 3 is 2.33 bits per heavy atom. The monoisotopic (exact) mass is 405 g/mol.